The SMILES string of the molecule is Cc1nn(-c2cc(Br)ccc2CNC(C)(C)C)c(C)c1Cl. The molecule has 1 aromatic carbocycles. The molecule has 1 aromatic heterocycles. The van der Waals surface area contributed by atoms with Crippen LogP contribution in [0.25, 0.3) is 5.69 Å². The minimum absolute atomic E-state index is 0.0665. The van der Waals surface area contributed by atoms with Gasteiger partial charge in [-0.1, -0.05) is 33.6 Å². The smallest absolute Gasteiger partial charge is 0.0848 e. The van der Waals surface area contributed by atoms with Crippen molar-refractivity contribution in [3.05, 3.63) is 44.6 Å². The Kier molecular flexibility index (Phi) is 4.81. The largest absolute Gasteiger partial charge is 0.308 e. The standard InChI is InChI=1S/C16H21BrClN3/c1-10-15(18)11(2)21(20-10)14-8-13(17)7-6-12(14)9-19-16(3,4)5/h6-8,19H,9H2,1-5H3. The Morgan fingerprint density at radius 3 is 2.48 bits per heavy atom. The maximum absolute atomic E-state index is 6.28. The molecule has 0 aliphatic rings. The van der Waals surface area contributed by atoms with Crippen molar-refractivity contribution in [2.75, 3.05) is 0 Å². The van der Waals surface area contributed by atoms with Gasteiger partial charge in [0.05, 0.1) is 22.1 Å². The number of nitrogens with zero attached hydrogens (tertiary/aromatic N) is 2. The second-order valence-corrected chi connectivity index (χ2v) is 7.57. The predicted molar refractivity (Wildman–Crippen MR) is 92.3 cm³/mol. The quantitative estimate of drug-likeness (QED) is 0.841. The van der Waals surface area contributed by atoms with E-state index in [0.717, 1.165) is 33.1 Å². The van der Waals surface area contributed by atoms with E-state index in [1.165, 1.54) is 5.56 Å². The molecule has 0 fully saturated rings. The van der Waals surface area contributed by atoms with Crippen LogP contribution in [0.1, 0.15) is 37.7 Å². The van der Waals surface area contributed by atoms with Crippen LogP contribution in [0.5, 0.6) is 0 Å². The third-order valence-corrected chi connectivity index (χ3v) is 4.33. The maximum Gasteiger partial charge on any atom is 0.0848 e. The van der Waals surface area contributed by atoms with Crippen LogP contribution in [0, 0.1) is 13.8 Å². The van der Waals surface area contributed by atoms with Gasteiger partial charge >= 0.3 is 0 Å². The van der Waals surface area contributed by atoms with Crippen molar-refractivity contribution in [3.63, 3.8) is 0 Å². The zero-order valence-corrected chi connectivity index (χ0v) is 15.4. The van der Waals surface area contributed by atoms with Gasteiger partial charge in [0.25, 0.3) is 0 Å². The Morgan fingerprint density at radius 1 is 1.29 bits per heavy atom. The fraction of sp³-hybridized carbons (Fsp3) is 0.438. The molecule has 114 valence electrons. The van der Waals surface area contributed by atoms with E-state index in [9.17, 15) is 0 Å². The van der Waals surface area contributed by atoms with Crippen molar-refractivity contribution in [2.45, 2.75) is 46.7 Å². The van der Waals surface area contributed by atoms with E-state index >= 15 is 0 Å². The molecule has 0 spiro atoms. The molecule has 5 heteroatoms. The minimum Gasteiger partial charge on any atom is -0.308 e. The van der Waals surface area contributed by atoms with Gasteiger partial charge < -0.3 is 5.32 Å². The minimum atomic E-state index is 0.0665. The summed E-state index contributed by atoms with van der Waals surface area (Å²) in [5.74, 6) is 0. The van der Waals surface area contributed by atoms with Crippen molar-refractivity contribution in [1.29, 1.82) is 0 Å². The predicted octanol–water partition coefficient (Wildman–Crippen LogP) is 4.79. The van der Waals surface area contributed by atoms with E-state index in [2.05, 4.69) is 65.3 Å². The molecule has 0 atom stereocenters. The second kappa shape index (κ2) is 6.11. The fourth-order valence-corrected chi connectivity index (χ4v) is 2.57. The van der Waals surface area contributed by atoms with Crippen molar-refractivity contribution >= 4 is 27.5 Å². The lowest BCUT2D eigenvalue weighted by atomic mass is 10.1. The zero-order chi connectivity index (χ0) is 15.8. The maximum atomic E-state index is 6.28. The van der Waals surface area contributed by atoms with E-state index in [1.54, 1.807) is 0 Å². The second-order valence-electron chi connectivity index (χ2n) is 6.27. The summed E-state index contributed by atoms with van der Waals surface area (Å²) in [6.07, 6.45) is 0. The number of hydrogen-bond acceptors (Lipinski definition) is 2. The number of hydrogen-bond donors (Lipinski definition) is 1. The molecule has 0 bridgehead atoms. The molecule has 21 heavy (non-hydrogen) atoms. The van der Waals surface area contributed by atoms with Crippen molar-refractivity contribution < 1.29 is 0 Å². The first kappa shape index (κ1) is 16.5. The number of nitrogens with one attached hydrogen (secondary N) is 1. The molecule has 0 aliphatic carbocycles. The van der Waals surface area contributed by atoms with E-state index < -0.39 is 0 Å². The monoisotopic (exact) mass is 369 g/mol. The Hall–Kier alpha value is -0.840. The van der Waals surface area contributed by atoms with Crippen molar-refractivity contribution in [3.8, 4) is 5.69 Å². The number of rotatable bonds is 3. The summed E-state index contributed by atoms with van der Waals surface area (Å²) in [5, 5.41) is 8.81. The van der Waals surface area contributed by atoms with Crippen LogP contribution in [-0.2, 0) is 6.54 Å². The van der Waals surface area contributed by atoms with Crippen LogP contribution >= 0.6 is 27.5 Å². The third kappa shape index (κ3) is 3.87. The van der Waals surface area contributed by atoms with Crippen LogP contribution in [0.3, 0.4) is 0 Å². The van der Waals surface area contributed by atoms with Gasteiger partial charge in [-0.15, -0.1) is 0 Å². The van der Waals surface area contributed by atoms with E-state index in [1.807, 2.05) is 18.5 Å². The van der Waals surface area contributed by atoms with Crippen LogP contribution in [-0.4, -0.2) is 15.3 Å². The van der Waals surface area contributed by atoms with Crippen LogP contribution < -0.4 is 5.32 Å². The summed E-state index contributed by atoms with van der Waals surface area (Å²) in [6, 6.07) is 6.24. The van der Waals surface area contributed by atoms with E-state index in [4.69, 9.17) is 11.6 Å². The summed E-state index contributed by atoms with van der Waals surface area (Å²) < 4.78 is 2.95. The van der Waals surface area contributed by atoms with Gasteiger partial charge in [0, 0.05) is 16.6 Å². The van der Waals surface area contributed by atoms with Gasteiger partial charge in [0.2, 0.25) is 0 Å². The normalized spacial score (nSPS) is 12.0. The highest BCUT2D eigenvalue weighted by Crippen LogP contribution is 2.26. The zero-order valence-electron chi connectivity index (χ0n) is 13.1. The first-order valence-electron chi connectivity index (χ1n) is 6.94. The number of halogens is 2. The molecule has 2 rings (SSSR count). The van der Waals surface area contributed by atoms with Gasteiger partial charge in [0.15, 0.2) is 0 Å². The summed E-state index contributed by atoms with van der Waals surface area (Å²) >= 11 is 9.82. The summed E-state index contributed by atoms with van der Waals surface area (Å²) in [7, 11) is 0. The molecule has 0 saturated heterocycles. The van der Waals surface area contributed by atoms with Gasteiger partial charge in [0.1, 0.15) is 0 Å². The van der Waals surface area contributed by atoms with Gasteiger partial charge in [-0.05, 0) is 52.3 Å². The molecule has 2 aromatic rings. The molecule has 0 saturated carbocycles. The summed E-state index contributed by atoms with van der Waals surface area (Å²) in [5.41, 5.74) is 4.12. The van der Waals surface area contributed by atoms with Crippen LogP contribution in [0.15, 0.2) is 22.7 Å². The summed E-state index contributed by atoms with van der Waals surface area (Å²) in [6.45, 7) is 11.2. The topological polar surface area (TPSA) is 29.9 Å². The Bertz CT molecular complexity index is 656. The number of benzene rings is 1. The van der Waals surface area contributed by atoms with Crippen molar-refractivity contribution in [1.82, 2.24) is 15.1 Å². The molecule has 1 heterocycles. The first-order chi connectivity index (χ1) is 9.69. The van der Waals surface area contributed by atoms with E-state index in [-0.39, 0.29) is 5.54 Å². The highest BCUT2D eigenvalue weighted by molar-refractivity contribution is 9.10. The Morgan fingerprint density at radius 2 is 1.95 bits per heavy atom. The Balaban J connectivity index is 2.46. The first-order valence-corrected chi connectivity index (χ1v) is 8.11. The van der Waals surface area contributed by atoms with E-state index in [0.29, 0.717) is 0 Å². The molecule has 0 radical (unpaired) electrons. The van der Waals surface area contributed by atoms with Gasteiger partial charge in [-0.3, -0.25) is 0 Å². The van der Waals surface area contributed by atoms with Gasteiger partial charge in [-0.25, -0.2) is 4.68 Å². The average molecular weight is 371 g/mol. The number of aromatic nitrogens is 2. The average Bonchev–Trinajstić information content (AvgIpc) is 2.64. The third-order valence-electron chi connectivity index (χ3n) is 3.29. The lowest BCUT2D eigenvalue weighted by Crippen LogP contribution is -2.35. The highest BCUT2D eigenvalue weighted by Gasteiger charge is 2.16. The van der Waals surface area contributed by atoms with Gasteiger partial charge in [-0.2, -0.15) is 5.10 Å². The number of aryl methyl sites for hydroxylation is 1. The van der Waals surface area contributed by atoms with Crippen LogP contribution in [0.2, 0.25) is 5.02 Å². The van der Waals surface area contributed by atoms with Crippen LogP contribution in [0.4, 0.5) is 0 Å². The highest BCUT2D eigenvalue weighted by atomic mass is 79.9. The molecule has 0 amide bonds. The summed E-state index contributed by atoms with van der Waals surface area (Å²) in [4.78, 5) is 0. The Labute approximate surface area is 139 Å². The van der Waals surface area contributed by atoms with Crippen molar-refractivity contribution in [2.24, 2.45) is 0 Å². The molecule has 0 aliphatic heterocycles. The molecular weight excluding hydrogens is 350 g/mol. The molecule has 0 unspecified atom stereocenters. The lowest BCUT2D eigenvalue weighted by Gasteiger charge is -2.22. The molecule has 1 N–H and O–H groups in total. The fourth-order valence-electron chi connectivity index (χ4n) is 2.10. The molecular formula is C16H21BrClN3. The lowest BCUT2D eigenvalue weighted by molar-refractivity contribution is 0.423. The molecule has 3 nitrogen and oxygen atoms in total.